The number of benzene rings is 1. The molecule has 2 fully saturated rings. The zero-order valence-electron chi connectivity index (χ0n) is 14.2. The first-order valence-corrected chi connectivity index (χ1v) is 8.99. The second-order valence-electron chi connectivity index (χ2n) is 7.06. The van der Waals surface area contributed by atoms with E-state index in [2.05, 4.69) is 53.2 Å². The van der Waals surface area contributed by atoms with Crippen LogP contribution in [0, 0.1) is 6.92 Å². The van der Waals surface area contributed by atoms with E-state index in [1.807, 2.05) is 0 Å². The van der Waals surface area contributed by atoms with Crippen LogP contribution in [0.5, 0.6) is 0 Å². The van der Waals surface area contributed by atoms with Crippen LogP contribution in [0.15, 0.2) is 24.3 Å². The molecule has 122 valence electrons. The third kappa shape index (κ3) is 3.89. The molecule has 2 unspecified atom stereocenters. The molecule has 0 amide bonds. The minimum Gasteiger partial charge on any atom is -0.314 e. The molecule has 3 rings (SSSR count). The molecule has 0 radical (unpaired) electrons. The van der Waals surface area contributed by atoms with Gasteiger partial charge in [-0.1, -0.05) is 36.2 Å². The number of piperazine rings is 1. The SMILES string of the molecule is Cc1ccc(C(CN2CCNCC2)N2CCCCC2C)cc1. The highest BCUT2D eigenvalue weighted by Crippen LogP contribution is 2.29. The molecule has 0 aliphatic carbocycles. The van der Waals surface area contributed by atoms with Crippen LogP contribution in [-0.4, -0.2) is 55.1 Å². The molecule has 0 spiro atoms. The molecule has 0 saturated carbocycles. The Morgan fingerprint density at radius 3 is 2.50 bits per heavy atom. The van der Waals surface area contributed by atoms with Crippen molar-refractivity contribution in [3.8, 4) is 0 Å². The predicted molar refractivity (Wildman–Crippen MR) is 93.2 cm³/mol. The summed E-state index contributed by atoms with van der Waals surface area (Å²) in [5, 5.41) is 3.47. The van der Waals surface area contributed by atoms with Gasteiger partial charge in [-0.3, -0.25) is 9.80 Å². The number of aryl methyl sites for hydroxylation is 1. The fourth-order valence-electron chi connectivity index (χ4n) is 3.91. The van der Waals surface area contributed by atoms with E-state index < -0.39 is 0 Å². The average Bonchev–Trinajstić information content (AvgIpc) is 2.55. The first-order valence-electron chi connectivity index (χ1n) is 8.99. The zero-order valence-corrected chi connectivity index (χ0v) is 14.2. The number of nitrogens with zero attached hydrogens (tertiary/aromatic N) is 2. The highest BCUT2D eigenvalue weighted by molar-refractivity contribution is 5.25. The lowest BCUT2D eigenvalue weighted by atomic mass is 9.96. The lowest BCUT2D eigenvalue weighted by Gasteiger charge is -2.42. The van der Waals surface area contributed by atoms with Crippen molar-refractivity contribution >= 4 is 0 Å². The van der Waals surface area contributed by atoms with E-state index in [9.17, 15) is 0 Å². The van der Waals surface area contributed by atoms with Crippen LogP contribution in [0.2, 0.25) is 0 Å². The number of hydrogen-bond donors (Lipinski definition) is 1. The van der Waals surface area contributed by atoms with E-state index in [0.717, 1.165) is 13.1 Å². The van der Waals surface area contributed by atoms with E-state index in [1.165, 1.54) is 56.6 Å². The summed E-state index contributed by atoms with van der Waals surface area (Å²) in [6, 6.07) is 10.5. The Morgan fingerprint density at radius 2 is 1.82 bits per heavy atom. The normalized spacial score (nSPS) is 26.0. The third-order valence-electron chi connectivity index (χ3n) is 5.36. The van der Waals surface area contributed by atoms with Gasteiger partial charge in [0.15, 0.2) is 0 Å². The maximum atomic E-state index is 3.47. The van der Waals surface area contributed by atoms with Gasteiger partial charge in [-0.05, 0) is 38.8 Å². The van der Waals surface area contributed by atoms with E-state index in [1.54, 1.807) is 0 Å². The summed E-state index contributed by atoms with van der Waals surface area (Å²) >= 11 is 0. The molecule has 1 aromatic carbocycles. The molecule has 0 aromatic heterocycles. The Bertz CT molecular complexity index is 450. The van der Waals surface area contributed by atoms with Crippen LogP contribution < -0.4 is 5.32 Å². The lowest BCUT2D eigenvalue weighted by molar-refractivity contribution is 0.0722. The van der Waals surface area contributed by atoms with Crippen molar-refractivity contribution in [1.82, 2.24) is 15.1 Å². The van der Waals surface area contributed by atoms with Gasteiger partial charge >= 0.3 is 0 Å². The van der Waals surface area contributed by atoms with Gasteiger partial charge in [-0.2, -0.15) is 0 Å². The van der Waals surface area contributed by atoms with Crippen LogP contribution in [0.4, 0.5) is 0 Å². The van der Waals surface area contributed by atoms with Crippen molar-refractivity contribution < 1.29 is 0 Å². The Kier molecular flexibility index (Phi) is 5.51. The lowest BCUT2D eigenvalue weighted by Crippen LogP contribution is -2.49. The molecule has 1 aromatic rings. The molecule has 2 atom stereocenters. The fourth-order valence-corrected chi connectivity index (χ4v) is 3.91. The van der Waals surface area contributed by atoms with Crippen LogP contribution in [0.1, 0.15) is 43.4 Å². The standard InChI is InChI=1S/C19H31N3/c1-16-6-8-18(9-7-16)19(15-21-13-10-20-11-14-21)22-12-4-3-5-17(22)2/h6-9,17,19-20H,3-5,10-15H2,1-2H3. The largest absolute Gasteiger partial charge is 0.314 e. The predicted octanol–water partition coefficient (Wildman–Crippen LogP) is 2.82. The number of hydrogen-bond acceptors (Lipinski definition) is 3. The van der Waals surface area contributed by atoms with Gasteiger partial charge in [0.05, 0.1) is 0 Å². The minimum atomic E-state index is 0.550. The monoisotopic (exact) mass is 301 g/mol. The molecular formula is C19H31N3. The highest BCUT2D eigenvalue weighted by atomic mass is 15.3. The summed E-state index contributed by atoms with van der Waals surface area (Å²) in [7, 11) is 0. The van der Waals surface area contributed by atoms with Gasteiger partial charge in [-0.25, -0.2) is 0 Å². The Labute approximate surface area is 135 Å². The number of likely N-dealkylation sites (tertiary alicyclic amines) is 1. The van der Waals surface area contributed by atoms with Crippen molar-refractivity contribution in [2.24, 2.45) is 0 Å². The van der Waals surface area contributed by atoms with Crippen molar-refractivity contribution in [3.05, 3.63) is 35.4 Å². The minimum absolute atomic E-state index is 0.550. The van der Waals surface area contributed by atoms with E-state index in [4.69, 9.17) is 0 Å². The number of nitrogens with one attached hydrogen (secondary N) is 1. The number of rotatable bonds is 4. The topological polar surface area (TPSA) is 18.5 Å². The maximum Gasteiger partial charge on any atom is 0.0478 e. The molecular weight excluding hydrogens is 270 g/mol. The first-order chi connectivity index (χ1) is 10.7. The van der Waals surface area contributed by atoms with E-state index in [-0.39, 0.29) is 0 Å². The Hall–Kier alpha value is -0.900. The van der Waals surface area contributed by atoms with E-state index >= 15 is 0 Å². The van der Waals surface area contributed by atoms with Crippen LogP contribution in [-0.2, 0) is 0 Å². The molecule has 0 bridgehead atoms. The molecule has 2 aliphatic heterocycles. The molecule has 22 heavy (non-hydrogen) atoms. The van der Waals surface area contributed by atoms with E-state index in [0.29, 0.717) is 12.1 Å². The average molecular weight is 301 g/mol. The van der Waals surface area contributed by atoms with Crippen LogP contribution >= 0.6 is 0 Å². The summed E-state index contributed by atoms with van der Waals surface area (Å²) in [6.45, 7) is 11.7. The second kappa shape index (κ2) is 7.58. The van der Waals surface area contributed by atoms with Crippen LogP contribution in [0.3, 0.4) is 0 Å². The Balaban J connectivity index is 1.78. The van der Waals surface area contributed by atoms with Gasteiger partial charge in [0.25, 0.3) is 0 Å². The summed E-state index contributed by atoms with van der Waals surface area (Å²) in [5.74, 6) is 0. The molecule has 2 aliphatic rings. The first kappa shape index (κ1) is 16.0. The zero-order chi connectivity index (χ0) is 15.4. The quantitative estimate of drug-likeness (QED) is 0.922. The highest BCUT2D eigenvalue weighted by Gasteiger charge is 2.29. The smallest absolute Gasteiger partial charge is 0.0478 e. The van der Waals surface area contributed by atoms with Gasteiger partial charge in [0.2, 0.25) is 0 Å². The molecule has 3 nitrogen and oxygen atoms in total. The maximum absolute atomic E-state index is 3.47. The van der Waals surface area contributed by atoms with Crippen molar-refractivity contribution in [2.75, 3.05) is 39.3 Å². The fraction of sp³-hybridized carbons (Fsp3) is 0.684. The molecule has 3 heteroatoms. The number of piperidine rings is 1. The second-order valence-corrected chi connectivity index (χ2v) is 7.06. The van der Waals surface area contributed by atoms with Gasteiger partial charge in [0, 0.05) is 44.8 Å². The van der Waals surface area contributed by atoms with Gasteiger partial charge < -0.3 is 5.32 Å². The summed E-state index contributed by atoms with van der Waals surface area (Å²) in [4.78, 5) is 5.40. The van der Waals surface area contributed by atoms with Gasteiger partial charge in [-0.15, -0.1) is 0 Å². The Morgan fingerprint density at radius 1 is 1.09 bits per heavy atom. The van der Waals surface area contributed by atoms with Crippen molar-refractivity contribution in [2.45, 2.75) is 45.2 Å². The summed E-state index contributed by atoms with van der Waals surface area (Å²) in [5.41, 5.74) is 2.86. The van der Waals surface area contributed by atoms with Crippen molar-refractivity contribution in [3.63, 3.8) is 0 Å². The summed E-state index contributed by atoms with van der Waals surface area (Å²) in [6.07, 6.45) is 4.10. The molecule has 2 heterocycles. The molecule has 2 saturated heterocycles. The third-order valence-corrected chi connectivity index (χ3v) is 5.36. The summed E-state index contributed by atoms with van der Waals surface area (Å²) < 4.78 is 0. The van der Waals surface area contributed by atoms with Crippen molar-refractivity contribution in [1.29, 1.82) is 0 Å². The molecule has 1 N–H and O–H groups in total. The van der Waals surface area contributed by atoms with Crippen LogP contribution in [0.25, 0.3) is 0 Å². The van der Waals surface area contributed by atoms with Gasteiger partial charge in [0.1, 0.15) is 0 Å².